The van der Waals surface area contributed by atoms with E-state index in [1.165, 1.54) is 4.31 Å². The van der Waals surface area contributed by atoms with Crippen LogP contribution in [0.5, 0.6) is 0 Å². The smallest absolute Gasteiger partial charge is 0.293 e. The van der Waals surface area contributed by atoms with Crippen LogP contribution in [0, 0.1) is 12.8 Å². The molecule has 25 heavy (non-hydrogen) atoms. The molecule has 0 fully saturated rings. The maximum absolute atomic E-state index is 12.8. The van der Waals surface area contributed by atoms with Gasteiger partial charge in [0.05, 0.1) is 5.69 Å². The number of benzene rings is 1. The van der Waals surface area contributed by atoms with E-state index in [1.54, 1.807) is 19.1 Å². The van der Waals surface area contributed by atoms with Gasteiger partial charge in [-0.05, 0) is 31.9 Å². The van der Waals surface area contributed by atoms with Gasteiger partial charge in [0.2, 0.25) is 11.0 Å². The lowest BCUT2D eigenvalue weighted by Gasteiger charge is -2.21. The third kappa shape index (κ3) is 4.76. The lowest BCUT2D eigenvalue weighted by molar-refractivity contribution is -0.116. The van der Waals surface area contributed by atoms with E-state index in [0.717, 1.165) is 16.9 Å². The minimum atomic E-state index is -3.83. The zero-order chi connectivity index (χ0) is 18.6. The Labute approximate surface area is 152 Å². The SMILES string of the molecule is CCN(c1ccc(C)cc1)S(=O)(=O)c1nnc(NC(=O)CC(C)C)s1. The summed E-state index contributed by atoms with van der Waals surface area (Å²) < 4.78 is 26.8. The zero-order valence-corrected chi connectivity index (χ0v) is 16.3. The summed E-state index contributed by atoms with van der Waals surface area (Å²) in [7, 11) is -3.83. The van der Waals surface area contributed by atoms with Crippen LogP contribution in [0.3, 0.4) is 0 Å². The van der Waals surface area contributed by atoms with Gasteiger partial charge in [0.25, 0.3) is 14.4 Å². The molecular weight excluding hydrogens is 360 g/mol. The Morgan fingerprint density at radius 2 is 1.88 bits per heavy atom. The number of nitrogens with one attached hydrogen (secondary N) is 1. The van der Waals surface area contributed by atoms with Gasteiger partial charge >= 0.3 is 0 Å². The van der Waals surface area contributed by atoms with E-state index in [2.05, 4.69) is 15.5 Å². The van der Waals surface area contributed by atoms with Crippen LogP contribution < -0.4 is 9.62 Å². The van der Waals surface area contributed by atoms with E-state index >= 15 is 0 Å². The highest BCUT2D eigenvalue weighted by molar-refractivity contribution is 7.94. The van der Waals surface area contributed by atoms with Crippen LogP contribution in [0.1, 0.15) is 32.8 Å². The molecule has 1 aromatic carbocycles. The molecule has 0 aliphatic rings. The number of sulfonamides is 1. The first-order valence-corrected chi connectivity index (χ1v) is 10.2. The first-order chi connectivity index (χ1) is 11.7. The lowest BCUT2D eigenvalue weighted by atomic mass is 10.1. The van der Waals surface area contributed by atoms with Crippen molar-refractivity contribution in [3.8, 4) is 0 Å². The second kappa shape index (κ2) is 7.92. The van der Waals surface area contributed by atoms with Crippen molar-refractivity contribution in [1.82, 2.24) is 10.2 Å². The number of nitrogens with zero attached hydrogens (tertiary/aromatic N) is 3. The van der Waals surface area contributed by atoms with Crippen molar-refractivity contribution in [3.63, 3.8) is 0 Å². The molecule has 0 saturated carbocycles. The lowest BCUT2D eigenvalue weighted by Crippen LogP contribution is -2.30. The molecule has 0 saturated heterocycles. The van der Waals surface area contributed by atoms with Crippen molar-refractivity contribution in [2.45, 2.75) is 38.5 Å². The summed E-state index contributed by atoms with van der Waals surface area (Å²) in [6.07, 6.45) is 0.339. The first-order valence-electron chi connectivity index (χ1n) is 7.96. The molecule has 0 aliphatic carbocycles. The Bertz CT molecular complexity index is 829. The van der Waals surface area contributed by atoms with E-state index in [1.807, 2.05) is 32.9 Å². The van der Waals surface area contributed by atoms with E-state index < -0.39 is 10.0 Å². The molecule has 0 bridgehead atoms. The average Bonchev–Trinajstić information content (AvgIpc) is 2.98. The number of rotatable bonds is 7. The van der Waals surface area contributed by atoms with Gasteiger partial charge in [0.15, 0.2) is 0 Å². The van der Waals surface area contributed by atoms with Crippen LogP contribution in [0.25, 0.3) is 0 Å². The van der Waals surface area contributed by atoms with Crippen LogP contribution in [0.4, 0.5) is 10.8 Å². The Morgan fingerprint density at radius 1 is 1.24 bits per heavy atom. The highest BCUT2D eigenvalue weighted by Gasteiger charge is 2.28. The van der Waals surface area contributed by atoms with Gasteiger partial charge in [-0.2, -0.15) is 8.42 Å². The van der Waals surface area contributed by atoms with Crippen LogP contribution in [0.15, 0.2) is 28.6 Å². The van der Waals surface area contributed by atoms with Crippen molar-refractivity contribution in [2.24, 2.45) is 5.92 Å². The zero-order valence-electron chi connectivity index (χ0n) is 14.7. The van der Waals surface area contributed by atoms with Crippen LogP contribution >= 0.6 is 11.3 Å². The summed E-state index contributed by atoms with van der Waals surface area (Å²) in [6.45, 7) is 7.81. The van der Waals surface area contributed by atoms with Gasteiger partial charge in [0.1, 0.15) is 0 Å². The molecule has 9 heteroatoms. The minimum absolute atomic E-state index is 0.144. The van der Waals surface area contributed by atoms with Crippen LogP contribution in [0.2, 0.25) is 0 Å². The summed E-state index contributed by atoms with van der Waals surface area (Å²) in [5, 5.41) is 10.3. The monoisotopic (exact) mass is 382 g/mol. The fourth-order valence-electron chi connectivity index (χ4n) is 2.20. The number of aromatic nitrogens is 2. The Hall–Kier alpha value is -2.00. The van der Waals surface area contributed by atoms with Crippen molar-refractivity contribution in [2.75, 3.05) is 16.2 Å². The van der Waals surface area contributed by atoms with Gasteiger partial charge in [-0.1, -0.05) is 42.9 Å². The topological polar surface area (TPSA) is 92.3 Å². The molecule has 0 radical (unpaired) electrons. The molecule has 1 heterocycles. The van der Waals surface area contributed by atoms with E-state index in [9.17, 15) is 13.2 Å². The number of hydrogen-bond acceptors (Lipinski definition) is 6. The van der Waals surface area contributed by atoms with Crippen molar-refractivity contribution < 1.29 is 13.2 Å². The third-order valence-electron chi connectivity index (χ3n) is 3.37. The number of anilines is 2. The van der Waals surface area contributed by atoms with Gasteiger partial charge in [-0.25, -0.2) is 0 Å². The molecule has 136 valence electrons. The number of aryl methyl sites for hydroxylation is 1. The first kappa shape index (κ1) is 19.3. The Morgan fingerprint density at radius 3 is 2.44 bits per heavy atom. The van der Waals surface area contributed by atoms with Gasteiger partial charge in [0, 0.05) is 13.0 Å². The number of carbonyl (C=O) groups excluding carboxylic acids is 1. The molecule has 0 unspecified atom stereocenters. The van der Waals surface area contributed by atoms with Crippen LogP contribution in [-0.2, 0) is 14.8 Å². The molecule has 0 spiro atoms. The van der Waals surface area contributed by atoms with Gasteiger partial charge in [-0.3, -0.25) is 9.10 Å². The maximum Gasteiger partial charge on any atom is 0.293 e. The van der Waals surface area contributed by atoms with E-state index in [-0.39, 0.29) is 27.8 Å². The molecule has 2 rings (SSSR count). The number of hydrogen-bond donors (Lipinski definition) is 1. The highest BCUT2D eigenvalue weighted by Crippen LogP contribution is 2.27. The van der Waals surface area contributed by atoms with Crippen molar-refractivity contribution in [1.29, 1.82) is 0 Å². The predicted molar refractivity (Wildman–Crippen MR) is 99.4 cm³/mol. The highest BCUT2D eigenvalue weighted by atomic mass is 32.2. The quantitative estimate of drug-likeness (QED) is 0.743. The molecule has 2 aromatic rings. The summed E-state index contributed by atoms with van der Waals surface area (Å²) in [4.78, 5) is 11.8. The standard InChI is InChI=1S/C16H22N4O3S2/c1-5-20(13-8-6-12(4)7-9-13)25(22,23)16-19-18-15(24-16)17-14(21)10-11(2)3/h6-9,11H,5,10H2,1-4H3,(H,17,18,21). The fourth-order valence-corrected chi connectivity index (χ4v) is 4.70. The molecule has 7 nitrogen and oxygen atoms in total. The molecule has 0 aliphatic heterocycles. The van der Waals surface area contributed by atoms with E-state index in [0.29, 0.717) is 12.1 Å². The summed E-state index contributed by atoms with van der Waals surface area (Å²) in [5.41, 5.74) is 1.61. The summed E-state index contributed by atoms with van der Waals surface area (Å²) in [6, 6.07) is 7.21. The fraction of sp³-hybridized carbons (Fsp3) is 0.438. The molecule has 1 N–H and O–H groups in total. The van der Waals surface area contributed by atoms with Gasteiger partial charge in [-0.15, -0.1) is 10.2 Å². The maximum atomic E-state index is 12.8. The second-order valence-corrected chi connectivity index (χ2v) is 9.04. The van der Waals surface area contributed by atoms with Crippen molar-refractivity contribution >= 4 is 38.1 Å². The summed E-state index contributed by atoms with van der Waals surface area (Å²) >= 11 is 0.853. The number of amides is 1. The predicted octanol–water partition coefficient (Wildman–Crippen LogP) is 3.05. The molecule has 0 atom stereocenters. The molecular formula is C16H22N4O3S2. The average molecular weight is 383 g/mol. The Kier molecular flexibility index (Phi) is 6.12. The Balaban J connectivity index is 2.23. The second-order valence-electron chi connectivity index (χ2n) is 6.02. The molecule has 1 amide bonds. The third-order valence-corrected chi connectivity index (χ3v) is 6.45. The molecule has 1 aromatic heterocycles. The van der Waals surface area contributed by atoms with E-state index in [4.69, 9.17) is 0 Å². The minimum Gasteiger partial charge on any atom is -0.300 e. The van der Waals surface area contributed by atoms with Crippen LogP contribution in [-0.4, -0.2) is 31.1 Å². The van der Waals surface area contributed by atoms with Gasteiger partial charge < -0.3 is 5.32 Å². The largest absolute Gasteiger partial charge is 0.300 e. The van der Waals surface area contributed by atoms with Crippen molar-refractivity contribution in [3.05, 3.63) is 29.8 Å². The summed E-state index contributed by atoms with van der Waals surface area (Å²) in [5.74, 6) is -0.00535. The number of carbonyl (C=O) groups is 1. The normalized spacial score (nSPS) is 11.6.